The summed E-state index contributed by atoms with van der Waals surface area (Å²) in [5.41, 5.74) is 0.822. The summed E-state index contributed by atoms with van der Waals surface area (Å²) >= 11 is 1.47. The smallest absolute Gasteiger partial charge is 0.275 e. The van der Waals surface area contributed by atoms with Crippen molar-refractivity contribution in [1.29, 1.82) is 0 Å². The van der Waals surface area contributed by atoms with Crippen molar-refractivity contribution in [3.8, 4) is 11.4 Å². The number of fused-ring (bicyclic) bond motifs is 3. The fourth-order valence-corrected chi connectivity index (χ4v) is 7.28. The molecule has 3 atom stereocenters. The first-order valence-electron chi connectivity index (χ1n) is 12.2. The Kier molecular flexibility index (Phi) is 5.31. The van der Waals surface area contributed by atoms with Crippen molar-refractivity contribution >= 4 is 21.6 Å². The molecular weight excluding hydrogens is 434 g/mol. The molecule has 33 heavy (non-hydrogen) atoms. The van der Waals surface area contributed by atoms with Crippen LogP contribution in [0.15, 0.2) is 41.5 Å². The zero-order valence-corrected chi connectivity index (χ0v) is 19.9. The molecule has 1 saturated carbocycles. The quantitative estimate of drug-likeness (QED) is 0.609. The lowest BCUT2D eigenvalue weighted by Crippen LogP contribution is -2.43. The molecule has 6 nitrogen and oxygen atoms in total. The first kappa shape index (κ1) is 21.3. The Hall–Kier alpha value is -2.22. The van der Waals surface area contributed by atoms with Gasteiger partial charge >= 0.3 is 0 Å². The Labute approximate surface area is 197 Å². The summed E-state index contributed by atoms with van der Waals surface area (Å²) in [6, 6.07) is 11.0. The normalized spacial score (nSPS) is 26.8. The fraction of sp³-hybridized carbons (Fsp3) is 0.538. The number of rotatable bonds is 5. The van der Waals surface area contributed by atoms with E-state index in [1.54, 1.807) is 10.9 Å². The summed E-state index contributed by atoms with van der Waals surface area (Å²) in [6.45, 7) is 0. The number of aromatic nitrogens is 2. The average molecular weight is 466 g/mol. The van der Waals surface area contributed by atoms with E-state index in [0.717, 1.165) is 60.4 Å². The van der Waals surface area contributed by atoms with Crippen LogP contribution in [0, 0.1) is 0 Å². The molecular formula is C26H31N3O3S. The van der Waals surface area contributed by atoms with Crippen LogP contribution in [-0.4, -0.2) is 50.4 Å². The summed E-state index contributed by atoms with van der Waals surface area (Å²) in [4.78, 5) is 21.3. The van der Waals surface area contributed by atoms with Gasteiger partial charge in [0.2, 0.25) is 0 Å². The van der Waals surface area contributed by atoms with Crippen LogP contribution in [0.3, 0.4) is 0 Å². The predicted molar refractivity (Wildman–Crippen MR) is 131 cm³/mol. The highest BCUT2D eigenvalue weighted by Gasteiger charge is 2.39. The number of hydrogen-bond acceptors (Lipinski definition) is 6. The van der Waals surface area contributed by atoms with Gasteiger partial charge in [-0.15, -0.1) is 11.3 Å². The minimum atomic E-state index is -0.622. The van der Waals surface area contributed by atoms with E-state index in [4.69, 9.17) is 4.74 Å². The molecule has 4 heterocycles. The molecule has 3 aliphatic rings. The SMILES string of the molecule is CN1[C@@H]2CC[C@H]1C[C@@H](Oc1ccc(-n3cnc4cc(CC5(O)CCCC5)sc4c3=O)cc1)C2. The minimum Gasteiger partial charge on any atom is -0.490 e. The highest BCUT2D eigenvalue weighted by molar-refractivity contribution is 7.18. The van der Waals surface area contributed by atoms with Gasteiger partial charge in [0.05, 0.1) is 16.8 Å². The predicted octanol–water partition coefficient (Wildman–Crippen LogP) is 4.30. The third-order valence-corrected chi connectivity index (χ3v) is 9.11. The molecule has 0 unspecified atom stereocenters. The monoisotopic (exact) mass is 465 g/mol. The van der Waals surface area contributed by atoms with Crippen molar-refractivity contribution in [3.63, 3.8) is 0 Å². The zero-order valence-electron chi connectivity index (χ0n) is 19.1. The Morgan fingerprint density at radius 2 is 1.85 bits per heavy atom. The molecule has 1 N–H and O–H groups in total. The average Bonchev–Trinajstić information content (AvgIpc) is 3.45. The van der Waals surface area contributed by atoms with Crippen molar-refractivity contribution < 1.29 is 9.84 Å². The van der Waals surface area contributed by atoms with Gasteiger partial charge in [0.15, 0.2) is 0 Å². The molecule has 2 aliphatic heterocycles. The van der Waals surface area contributed by atoms with Gasteiger partial charge in [-0.2, -0.15) is 0 Å². The van der Waals surface area contributed by atoms with Crippen LogP contribution >= 0.6 is 11.3 Å². The van der Waals surface area contributed by atoms with E-state index in [2.05, 4.69) is 16.9 Å². The number of thiophene rings is 1. The number of aliphatic hydroxyl groups is 1. The molecule has 0 radical (unpaired) electrons. The van der Waals surface area contributed by atoms with Crippen LogP contribution in [-0.2, 0) is 6.42 Å². The van der Waals surface area contributed by atoms with E-state index in [-0.39, 0.29) is 11.7 Å². The van der Waals surface area contributed by atoms with Crippen molar-refractivity contribution in [1.82, 2.24) is 14.5 Å². The second-order valence-electron chi connectivity index (χ2n) is 10.2. The van der Waals surface area contributed by atoms with Gasteiger partial charge in [-0.1, -0.05) is 12.8 Å². The summed E-state index contributed by atoms with van der Waals surface area (Å²) in [5, 5.41) is 10.7. The highest BCUT2D eigenvalue weighted by atomic mass is 32.1. The summed E-state index contributed by atoms with van der Waals surface area (Å²) in [7, 11) is 2.24. The number of ether oxygens (including phenoxy) is 1. The maximum Gasteiger partial charge on any atom is 0.275 e. The lowest BCUT2D eigenvalue weighted by Gasteiger charge is -2.36. The van der Waals surface area contributed by atoms with E-state index in [1.807, 2.05) is 30.3 Å². The standard InChI is InChI=1S/C26H31N3O3S/c1-28-18-4-5-19(28)13-21(12-18)32-20-8-6-17(7-9-20)29-16-27-23-14-22(33-24(23)25(29)30)15-26(31)10-2-3-11-26/h6-9,14,16,18-19,21,31H,2-5,10-13,15H2,1H3/t18-,19+,21+. The summed E-state index contributed by atoms with van der Waals surface area (Å²) < 4.78 is 8.55. The molecule has 6 rings (SSSR count). The molecule has 0 amide bonds. The topological polar surface area (TPSA) is 67.6 Å². The van der Waals surface area contributed by atoms with Crippen LogP contribution in [0.4, 0.5) is 0 Å². The summed E-state index contributed by atoms with van der Waals surface area (Å²) in [6.07, 6.45) is 11.0. The molecule has 1 aliphatic carbocycles. The van der Waals surface area contributed by atoms with Crippen LogP contribution in [0.2, 0.25) is 0 Å². The van der Waals surface area contributed by atoms with Crippen LogP contribution in [0.1, 0.15) is 56.2 Å². The second-order valence-corrected chi connectivity index (χ2v) is 11.3. The van der Waals surface area contributed by atoms with Crippen molar-refractivity contribution in [3.05, 3.63) is 51.9 Å². The Balaban J connectivity index is 1.20. The lowest BCUT2D eigenvalue weighted by molar-refractivity contribution is 0.0490. The van der Waals surface area contributed by atoms with E-state index < -0.39 is 5.60 Å². The lowest BCUT2D eigenvalue weighted by atomic mass is 9.97. The third kappa shape index (κ3) is 4.00. The van der Waals surface area contributed by atoms with Gasteiger partial charge in [-0.3, -0.25) is 9.36 Å². The van der Waals surface area contributed by atoms with Gasteiger partial charge in [0.25, 0.3) is 5.56 Å². The molecule has 2 bridgehead atoms. The Morgan fingerprint density at radius 3 is 2.55 bits per heavy atom. The van der Waals surface area contributed by atoms with Crippen LogP contribution < -0.4 is 10.3 Å². The number of benzene rings is 1. The minimum absolute atomic E-state index is 0.0600. The van der Waals surface area contributed by atoms with Gasteiger partial charge in [-0.05, 0) is 75.9 Å². The molecule has 7 heteroatoms. The second kappa shape index (κ2) is 8.22. The first-order valence-corrected chi connectivity index (χ1v) is 13.0. The van der Waals surface area contributed by atoms with E-state index in [9.17, 15) is 9.90 Å². The zero-order chi connectivity index (χ0) is 22.6. The maximum atomic E-state index is 13.2. The van der Waals surface area contributed by atoms with Gasteiger partial charge < -0.3 is 14.7 Å². The highest BCUT2D eigenvalue weighted by Crippen LogP contribution is 2.37. The molecule has 2 saturated heterocycles. The molecule has 1 aromatic carbocycles. The number of hydrogen-bond donors (Lipinski definition) is 1. The first-order chi connectivity index (χ1) is 16.0. The van der Waals surface area contributed by atoms with Gasteiger partial charge in [0, 0.05) is 23.4 Å². The van der Waals surface area contributed by atoms with Crippen molar-refractivity contribution in [2.45, 2.75) is 81.6 Å². The Morgan fingerprint density at radius 1 is 1.15 bits per heavy atom. The Bertz CT molecular complexity index is 1200. The fourth-order valence-electron chi connectivity index (χ4n) is 6.10. The largest absolute Gasteiger partial charge is 0.490 e. The van der Waals surface area contributed by atoms with Crippen molar-refractivity contribution in [2.24, 2.45) is 0 Å². The molecule has 3 aromatic rings. The van der Waals surface area contributed by atoms with Gasteiger partial charge in [-0.25, -0.2) is 4.98 Å². The molecule has 174 valence electrons. The summed E-state index contributed by atoms with van der Waals surface area (Å²) in [5.74, 6) is 0.859. The molecule has 3 fully saturated rings. The van der Waals surface area contributed by atoms with Crippen molar-refractivity contribution in [2.75, 3.05) is 7.05 Å². The molecule has 2 aromatic heterocycles. The van der Waals surface area contributed by atoms with E-state index in [1.165, 1.54) is 24.2 Å². The van der Waals surface area contributed by atoms with Gasteiger partial charge in [0.1, 0.15) is 22.9 Å². The number of nitrogens with zero attached hydrogens (tertiary/aromatic N) is 3. The van der Waals surface area contributed by atoms with E-state index in [0.29, 0.717) is 23.2 Å². The number of piperidine rings is 1. The molecule has 0 spiro atoms. The van der Waals surface area contributed by atoms with Crippen LogP contribution in [0.25, 0.3) is 15.9 Å². The van der Waals surface area contributed by atoms with E-state index >= 15 is 0 Å². The van der Waals surface area contributed by atoms with Crippen LogP contribution in [0.5, 0.6) is 5.75 Å². The maximum absolute atomic E-state index is 13.2. The third-order valence-electron chi connectivity index (χ3n) is 8.00.